The second-order valence-electron chi connectivity index (χ2n) is 3.53. The summed E-state index contributed by atoms with van der Waals surface area (Å²) in [7, 11) is 0. The van der Waals surface area contributed by atoms with Crippen LogP contribution in [0.15, 0.2) is 10.3 Å². The van der Waals surface area contributed by atoms with Crippen LogP contribution in [0.3, 0.4) is 0 Å². The average molecular weight is 200 g/mol. The fourth-order valence-corrected chi connectivity index (χ4v) is 1.30. The Kier molecular flexibility index (Phi) is 9.26. The lowest BCUT2D eigenvalue weighted by atomic mass is 10.0. The Bertz CT molecular complexity index is 170. The van der Waals surface area contributed by atoms with Crippen LogP contribution in [0.1, 0.15) is 45.4 Å². The van der Waals surface area contributed by atoms with Crippen molar-refractivity contribution < 1.29 is 10.4 Å². The van der Waals surface area contributed by atoms with E-state index in [2.05, 4.69) is 10.3 Å². The van der Waals surface area contributed by atoms with Crippen molar-refractivity contribution >= 4 is 12.4 Å². The first-order valence-corrected chi connectivity index (χ1v) is 5.14. The summed E-state index contributed by atoms with van der Waals surface area (Å²) in [5.74, 6) is 0.360. The van der Waals surface area contributed by atoms with Gasteiger partial charge in [-0.1, -0.05) is 26.2 Å². The Morgan fingerprint density at radius 2 is 1.79 bits per heavy atom. The van der Waals surface area contributed by atoms with Gasteiger partial charge in [-0.05, 0) is 25.2 Å². The Morgan fingerprint density at radius 3 is 2.43 bits per heavy atom. The summed E-state index contributed by atoms with van der Waals surface area (Å²) in [4.78, 5) is 0. The van der Waals surface area contributed by atoms with Gasteiger partial charge in [-0.2, -0.15) is 0 Å². The first-order valence-electron chi connectivity index (χ1n) is 5.14. The summed E-state index contributed by atoms with van der Waals surface area (Å²) in [5, 5.41) is 22.3. The van der Waals surface area contributed by atoms with E-state index < -0.39 is 0 Å². The van der Waals surface area contributed by atoms with E-state index in [-0.39, 0.29) is 0 Å². The minimum absolute atomic E-state index is 0.360. The predicted molar refractivity (Wildman–Crippen MR) is 57.4 cm³/mol. The first kappa shape index (κ1) is 12.9. The number of hydrogen-bond acceptors (Lipinski definition) is 4. The minimum atomic E-state index is 0.360. The van der Waals surface area contributed by atoms with E-state index in [0.717, 1.165) is 32.1 Å². The average Bonchev–Trinajstić information content (AvgIpc) is 2.17. The van der Waals surface area contributed by atoms with Crippen LogP contribution >= 0.6 is 0 Å². The molecule has 0 bridgehead atoms. The third-order valence-corrected chi connectivity index (χ3v) is 2.15. The van der Waals surface area contributed by atoms with Gasteiger partial charge in [0, 0.05) is 12.4 Å². The topological polar surface area (TPSA) is 65.2 Å². The molecule has 4 heteroatoms. The highest BCUT2D eigenvalue weighted by atomic mass is 16.4. The van der Waals surface area contributed by atoms with Crippen LogP contribution < -0.4 is 0 Å². The maximum absolute atomic E-state index is 8.27. The standard InChI is InChI=1S/C10H20N2O2/c1-10(9-12-14)7-5-3-2-4-6-8-11-13/h8-10,13-14H,2-7H2,1H3. The third kappa shape index (κ3) is 9.03. The van der Waals surface area contributed by atoms with Gasteiger partial charge < -0.3 is 10.4 Å². The maximum atomic E-state index is 8.27. The van der Waals surface area contributed by atoms with Gasteiger partial charge in [0.2, 0.25) is 0 Å². The normalized spacial score (nSPS) is 14.1. The predicted octanol–water partition coefficient (Wildman–Crippen LogP) is 2.88. The van der Waals surface area contributed by atoms with Crippen molar-refractivity contribution in [2.45, 2.75) is 45.4 Å². The number of hydrogen-bond donors (Lipinski definition) is 2. The highest BCUT2D eigenvalue weighted by Gasteiger charge is 1.97. The van der Waals surface area contributed by atoms with Crippen molar-refractivity contribution in [2.24, 2.45) is 16.2 Å². The van der Waals surface area contributed by atoms with Crippen LogP contribution in [0, 0.1) is 5.92 Å². The molecular weight excluding hydrogens is 180 g/mol. The van der Waals surface area contributed by atoms with E-state index in [1.54, 1.807) is 6.21 Å². The first-order chi connectivity index (χ1) is 6.81. The van der Waals surface area contributed by atoms with Crippen LogP contribution in [-0.2, 0) is 0 Å². The van der Waals surface area contributed by atoms with Crippen LogP contribution in [0.2, 0.25) is 0 Å². The second kappa shape index (κ2) is 10.0. The van der Waals surface area contributed by atoms with Crippen molar-refractivity contribution in [1.82, 2.24) is 0 Å². The smallest absolute Gasteiger partial charge is 0.0464 e. The summed E-state index contributed by atoms with van der Waals surface area (Å²) >= 11 is 0. The van der Waals surface area contributed by atoms with Crippen molar-refractivity contribution in [2.75, 3.05) is 0 Å². The van der Waals surface area contributed by atoms with Crippen molar-refractivity contribution in [3.05, 3.63) is 0 Å². The molecule has 2 N–H and O–H groups in total. The van der Waals surface area contributed by atoms with Crippen LogP contribution in [0.5, 0.6) is 0 Å². The molecule has 0 radical (unpaired) electrons. The lowest BCUT2D eigenvalue weighted by Gasteiger charge is -2.03. The highest BCUT2D eigenvalue weighted by Crippen LogP contribution is 2.09. The van der Waals surface area contributed by atoms with E-state index in [0.29, 0.717) is 5.92 Å². The van der Waals surface area contributed by atoms with Gasteiger partial charge in [0.1, 0.15) is 0 Å². The van der Waals surface area contributed by atoms with Gasteiger partial charge in [0.25, 0.3) is 0 Å². The van der Waals surface area contributed by atoms with E-state index >= 15 is 0 Å². The molecule has 0 spiro atoms. The molecule has 0 aromatic carbocycles. The summed E-state index contributed by atoms with van der Waals surface area (Å²) in [5.41, 5.74) is 0. The zero-order valence-electron chi connectivity index (χ0n) is 8.76. The molecule has 0 aliphatic carbocycles. The molecule has 0 aliphatic heterocycles. The molecule has 1 unspecified atom stereocenters. The molecule has 4 nitrogen and oxygen atoms in total. The van der Waals surface area contributed by atoms with Crippen LogP contribution in [-0.4, -0.2) is 22.8 Å². The molecule has 1 atom stereocenters. The lowest BCUT2D eigenvalue weighted by molar-refractivity contribution is 0.318. The molecule has 0 saturated carbocycles. The molecule has 0 rings (SSSR count). The Balaban J connectivity index is 3.13. The molecule has 14 heavy (non-hydrogen) atoms. The summed E-state index contributed by atoms with van der Waals surface area (Å²) in [6.07, 6.45) is 9.59. The molecule has 0 aliphatic rings. The molecular formula is C10H20N2O2. The summed E-state index contributed by atoms with van der Waals surface area (Å²) in [6.45, 7) is 2.04. The fraction of sp³-hybridized carbons (Fsp3) is 0.800. The maximum Gasteiger partial charge on any atom is 0.0464 e. The molecule has 0 fully saturated rings. The Morgan fingerprint density at radius 1 is 1.07 bits per heavy atom. The third-order valence-electron chi connectivity index (χ3n) is 2.15. The van der Waals surface area contributed by atoms with Gasteiger partial charge in [-0.25, -0.2) is 0 Å². The fourth-order valence-electron chi connectivity index (χ4n) is 1.30. The number of rotatable bonds is 8. The number of unbranched alkanes of at least 4 members (excludes halogenated alkanes) is 4. The molecule has 0 aromatic rings. The monoisotopic (exact) mass is 200 g/mol. The SMILES string of the molecule is CC(C=NO)CCCCCCC=NO. The lowest BCUT2D eigenvalue weighted by Crippen LogP contribution is -1.95. The van der Waals surface area contributed by atoms with Gasteiger partial charge >= 0.3 is 0 Å². The molecule has 0 amide bonds. The molecule has 0 aromatic heterocycles. The Hall–Kier alpha value is -1.06. The molecule has 82 valence electrons. The van der Waals surface area contributed by atoms with E-state index in [1.165, 1.54) is 12.6 Å². The van der Waals surface area contributed by atoms with Crippen molar-refractivity contribution in [3.8, 4) is 0 Å². The zero-order valence-corrected chi connectivity index (χ0v) is 8.76. The van der Waals surface area contributed by atoms with E-state index in [1.807, 2.05) is 6.92 Å². The number of nitrogens with zero attached hydrogens (tertiary/aromatic N) is 2. The quantitative estimate of drug-likeness (QED) is 0.274. The van der Waals surface area contributed by atoms with Gasteiger partial charge in [-0.15, -0.1) is 10.3 Å². The Labute approximate surface area is 85.3 Å². The van der Waals surface area contributed by atoms with Crippen LogP contribution in [0.25, 0.3) is 0 Å². The summed E-state index contributed by atoms with van der Waals surface area (Å²) in [6, 6.07) is 0. The molecule has 0 saturated heterocycles. The van der Waals surface area contributed by atoms with Gasteiger partial charge in [-0.3, -0.25) is 0 Å². The largest absolute Gasteiger partial charge is 0.411 e. The van der Waals surface area contributed by atoms with Gasteiger partial charge in [0.05, 0.1) is 0 Å². The van der Waals surface area contributed by atoms with E-state index in [9.17, 15) is 0 Å². The zero-order chi connectivity index (χ0) is 10.6. The summed E-state index contributed by atoms with van der Waals surface area (Å²) < 4.78 is 0. The highest BCUT2D eigenvalue weighted by molar-refractivity contribution is 5.59. The van der Waals surface area contributed by atoms with Crippen molar-refractivity contribution in [1.29, 1.82) is 0 Å². The van der Waals surface area contributed by atoms with Gasteiger partial charge in [0.15, 0.2) is 0 Å². The number of oxime groups is 2. The molecule has 0 heterocycles. The van der Waals surface area contributed by atoms with Crippen molar-refractivity contribution in [3.63, 3.8) is 0 Å². The minimum Gasteiger partial charge on any atom is -0.411 e. The van der Waals surface area contributed by atoms with Crippen LogP contribution in [0.4, 0.5) is 0 Å². The van der Waals surface area contributed by atoms with E-state index in [4.69, 9.17) is 10.4 Å². The second-order valence-corrected chi connectivity index (χ2v) is 3.53.